The molecule has 164 valence electrons. The van der Waals surface area contributed by atoms with Crippen molar-refractivity contribution in [3.63, 3.8) is 0 Å². The van der Waals surface area contributed by atoms with Gasteiger partial charge in [0.1, 0.15) is 5.54 Å². The maximum Gasteiger partial charge on any atom is 0.417 e. The molecule has 0 atom stereocenters. The van der Waals surface area contributed by atoms with Crippen molar-refractivity contribution in [2.75, 3.05) is 6.61 Å². The Balaban J connectivity index is 2.04. The number of alkyl halides is 3. The predicted molar refractivity (Wildman–Crippen MR) is 111 cm³/mol. The lowest BCUT2D eigenvalue weighted by Crippen LogP contribution is -2.56. The van der Waals surface area contributed by atoms with E-state index < -0.39 is 29.2 Å². The van der Waals surface area contributed by atoms with E-state index >= 15 is 0 Å². The highest BCUT2D eigenvalue weighted by Crippen LogP contribution is 2.36. The van der Waals surface area contributed by atoms with Crippen LogP contribution in [0.4, 0.5) is 13.2 Å². The van der Waals surface area contributed by atoms with Crippen LogP contribution in [0.1, 0.15) is 53.4 Å². The van der Waals surface area contributed by atoms with Crippen LogP contribution in [0.15, 0.2) is 48.0 Å². The molecule has 0 heterocycles. The van der Waals surface area contributed by atoms with Crippen LogP contribution in [-0.4, -0.2) is 24.0 Å². The number of allylic oxidation sites excluding steroid dienone is 1. The Morgan fingerprint density at radius 2 is 1.68 bits per heavy atom. The molecule has 7 heteroatoms. The first-order chi connectivity index (χ1) is 14.6. The third-order valence-corrected chi connectivity index (χ3v) is 5.21. The number of carbonyl (C=O) groups is 2. The Hall–Kier alpha value is -3.09. The Morgan fingerprint density at radius 1 is 1.06 bits per heavy atom. The summed E-state index contributed by atoms with van der Waals surface area (Å²) in [4.78, 5) is 26.1. The third kappa shape index (κ3) is 4.65. The van der Waals surface area contributed by atoms with Crippen LogP contribution in [-0.2, 0) is 28.5 Å². The van der Waals surface area contributed by atoms with E-state index in [0.29, 0.717) is 5.57 Å². The van der Waals surface area contributed by atoms with Crippen molar-refractivity contribution in [1.82, 2.24) is 5.32 Å². The Kier molecular flexibility index (Phi) is 6.25. The zero-order chi connectivity index (χ0) is 22.8. The van der Waals surface area contributed by atoms with E-state index in [1.54, 1.807) is 20.8 Å². The number of carbonyl (C=O) groups excluding carboxylic acids is 2. The van der Waals surface area contributed by atoms with Gasteiger partial charge in [0, 0.05) is 18.4 Å². The molecule has 1 aliphatic rings. The summed E-state index contributed by atoms with van der Waals surface area (Å²) in [6.45, 7) is 5.10. The number of amides is 1. The van der Waals surface area contributed by atoms with E-state index in [2.05, 4.69) is 5.32 Å². The van der Waals surface area contributed by atoms with E-state index in [1.165, 1.54) is 18.2 Å². The normalized spacial score (nSPS) is 14.5. The second-order valence-electron chi connectivity index (χ2n) is 7.87. The highest BCUT2D eigenvalue weighted by atomic mass is 19.4. The van der Waals surface area contributed by atoms with Crippen LogP contribution in [0.3, 0.4) is 0 Å². The highest BCUT2D eigenvalue weighted by molar-refractivity contribution is 6.01. The van der Waals surface area contributed by atoms with Crippen LogP contribution >= 0.6 is 0 Å². The number of fused-ring (bicyclic) bond motifs is 1. The van der Waals surface area contributed by atoms with Crippen molar-refractivity contribution in [1.29, 1.82) is 0 Å². The van der Waals surface area contributed by atoms with Crippen molar-refractivity contribution >= 4 is 18.0 Å². The fourth-order valence-electron chi connectivity index (χ4n) is 3.91. The lowest BCUT2D eigenvalue weighted by atomic mass is 9.93. The molecular weight excluding hydrogens is 407 g/mol. The molecule has 0 saturated heterocycles. The zero-order valence-corrected chi connectivity index (χ0v) is 17.6. The first-order valence-electron chi connectivity index (χ1n) is 9.99. The number of rotatable bonds is 5. The minimum atomic E-state index is -4.63. The minimum Gasteiger partial charge on any atom is -0.464 e. The largest absolute Gasteiger partial charge is 0.464 e. The van der Waals surface area contributed by atoms with Gasteiger partial charge in [-0.2, -0.15) is 13.2 Å². The number of nitrogens with one attached hydrogen (secondary N) is 1. The molecule has 0 aliphatic heterocycles. The van der Waals surface area contributed by atoms with Gasteiger partial charge in [-0.05, 0) is 49.6 Å². The number of hydrogen-bond acceptors (Lipinski definition) is 3. The van der Waals surface area contributed by atoms with Crippen molar-refractivity contribution in [2.45, 2.75) is 45.3 Å². The molecule has 1 amide bonds. The minimum absolute atomic E-state index is 0.124. The van der Waals surface area contributed by atoms with Gasteiger partial charge in [-0.3, -0.25) is 4.79 Å². The summed E-state index contributed by atoms with van der Waals surface area (Å²) >= 11 is 0. The maximum absolute atomic E-state index is 13.6. The van der Waals surface area contributed by atoms with Crippen LogP contribution in [0.25, 0.3) is 6.08 Å². The van der Waals surface area contributed by atoms with Gasteiger partial charge in [-0.25, -0.2) is 4.79 Å². The second kappa shape index (κ2) is 8.57. The zero-order valence-electron chi connectivity index (χ0n) is 17.6. The number of benzene rings is 2. The number of esters is 1. The van der Waals surface area contributed by atoms with E-state index in [-0.39, 0.29) is 30.6 Å². The molecule has 1 aliphatic carbocycles. The van der Waals surface area contributed by atoms with Gasteiger partial charge in [0.15, 0.2) is 0 Å². The third-order valence-electron chi connectivity index (χ3n) is 5.21. The van der Waals surface area contributed by atoms with Gasteiger partial charge >= 0.3 is 12.1 Å². The summed E-state index contributed by atoms with van der Waals surface area (Å²) in [7, 11) is 0. The summed E-state index contributed by atoms with van der Waals surface area (Å²) < 4.78 is 46.0. The molecule has 0 spiro atoms. The topological polar surface area (TPSA) is 55.4 Å². The molecule has 2 aromatic rings. The van der Waals surface area contributed by atoms with Gasteiger partial charge in [0.2, 0.25) is 0 Å². The van der Waals surface area contributed by atoms with Crippen molar-refractivity contribution < 1.29 is 27.5 Å². The summed E-state index contributed by atoms with van der Waals surface area (Å²) in [6, 6.07) is 10.9. The molecule has 4 nitrogen and oxygen atoms in total. The Bertz CT molecular complexity index is 1010. The molecule has 2 aromatic carbocycles. The fraction of sp³-hybridized carbons (Fsp3) is 0.333. The molecule has 0 bridgehead atoms. The average molecular weight is 431 g/mol. The second-order valence-corrected chi connectivity index (χ2v) is 7.87. The highest BCUT2D eigenvalue weighted by Gasteiger charge is 2.47. The SMILES string of the molecule is CCOC(=O)C1(NC(=O)c2cccc(C(F)(F)F)c2C=C(C)C)Cc2ccccc2C1. The first-order valence-corrected chi connectivity index (χ1v) is 9.99. The summed E-state index contributed by atoms with van der Waals surface area (Å²) in [5, 5.41) is 2.72. The van der Waals surface area contributed by atoms with Crippen molar-refractivity contribution in [3.05, 3.63) is 75.9 Å². The van der Waals surface area contributed by atoms with Crippen molar-refractivity contribution in [2.24, 2.45) is 0 Å². The predicted octanol–water partition coefficient (Wildman–Crippen LogP) is 4.96. The Labute approximate surface area is 179 Å². The quantitative estimate of drug-likeness (QED) is 0.681. The van der Waals surface area contributed by atoms with Gasteiger partial charge < -0.3 is 10.1 Å². The lowest BCUT2D eigenvalue weighted by Gasteiger charge is -2.28. The molecule has 0 unspecified atom stereocenters. The molecule has 0 fully saturated rings. The van der Waals surface area contributed by atoms with Crippen LogP contribution in [0.2, 0.25) is 0 Å². The van der Waals surface area contributed by atoms with Crippen molar-refractivity contribution in [3.8, 4) is 0 Å². The molecule has 1 N–H and O–H groups in total. The maximum atomic E-state index is 13.6. The van der Waals surface area contributed by atoms with Gasteiger partial charge in [-0.15, -0.1) is 0 Å². The molecule has 0 aromatic heterocycles. The number of hydrogen-bond donors (Lipinski definition) is 1. The van der Waals surface area contributed by atoms with Gasteiger partial charge in [0.25, 0.3) is 5.91 Å². The number of halogens is 3. The van der Waals surface area contributed by atoms with Crippen LogP contribution in [0, 0.1) is 0 Å². The summed E-state index contributed by atoms with van der Waals surface area (Å²) in [6.07, 6.45) is -2.87. The standard InChI is InChI=1S/C24H24F3NO3/c1-4-31-22(30)23(13-16-8-5-6-9-17(16)14-23)28-21(29)18-10-7-11-20(24(25,26)27)19(18)12-15(2)3/h5-12H,4,13-14H2,1-3H3,(H,28,29). The smallest absolute Gasteiger partial charge is 0.417 e. The van der Waals surface area contributed by atoms with E-state index in [4.69, 9.17) is 4.74 Å². The molecule has 3 rings (SSSR count). The Morgan fingerprint density at radius 3 is 2.19 bits per heavy atom. The molecule has 0 saturated carbocycles. The molecule has 0 radical (unpaired) electrons. The monoisotopic (exact) mass is 431 g/mol. The van der Waals surface area contributed by atoms with Gasteiger partial charge in [-0.1, -0.05) is 42.0 Å². The summed E-state index contributed by atoms with van der Waals surface area (Å²) in [5.74, 6) is -1.35. The van der Waals surface area contributed by atoms with Gasteiger partial charge in [0.05, 0.1) is 12.2 Å². The first kappa shape index (κ1) is 22.6. The number of ether oxygens (including phenoxy) is 1. The average Bonchev–Trinajstić information content (AvgIpc) is 3.06. The fourth-order valence-corrected chi connectivity index (χ4v) is 3.91. The summed E-state index contributed by atoms with van der Waals surface area (Å²) in [5.41, 5.74) is -0.236. The van der Waals surface area contributed by atoms with E-state index in [9.17, 15) is 22.8 Å². The molecule has 31 heavy (non-hydrogen) atoms. The van der Waals surface area contributed by atoms with Crippen LogP contribution < -0.4 is 5.32 Å². The van der Waals surface area contributed by atoms with E-state index in [0.717, 1.165) is 17.2 Å². The van der Waals surface area contributed by atoms with Crippen LogP contribution in [0.5, 0.6) is 0 Å². The lowest BCUT2D eigenvalue weighted by molar-refractivity contribution is -0.150. The molecular formula is C24H24F3NO3. The van der Waals surface area contributed by atoms with E-state index in [1.807, 2.05) is 24.3 Å².